The van der Waals surface area contributed by atoms with Crippen molar-refractivity contribution >= 4 is 48.9 Å². The first-order valence-corrected chi connectivity index (χ1v) is 12.1. The highest BCUT2D eigenvalue weighted by Gasteiger charge is 2.19. The Morgan fingerprint density at radius 2 is 1.03 bits per heavy atom. The summed E-state index contributed by atoms with van der Waals surface area (Å²) < 4.78 is 2.46. The Labute approximate surface area is 202 Å². The summed E-state index contributed by atoms with van der Waals surface area (Å²) in [5.74, 6) is 0. The van der Waals surface area contributed by atoms with Crippen LogP contribution in [0.1, 0.15) is 0 Å². The highest BCUT2D eigenvalue weighted by Crippen LogP contribution is 2.43. The number of rotatable bonds is 2. The van der Waals surface area contributed by atoms with Crippen molar-refractivity contribution in [3.63, 3.8) is 0 Å². The van der Waals surface area contributed by atoms with Crippen molar-refractivity contribution in [3.8, 4) is 22.3 Å². The van der Waals surface area contributed by atoms with Gasteiger partial charge in [-0.3, -0.25) is 0 Å². The third-order valence-electron chi connectivity index (χ3n) is 7.50. The van der Waals surface area contributed by atoms with Gasteiger partial charge in [0, 0.05) is 21.5 Å². The van der Waals surface area contributed by atoms with Crippen molar-refractivity contribution in [1.29, 1.82) is 0 Å². The number of fused-ring (bicyclic) bond motifs is 7. The fourth-order valence-electron chi connectivity index (χ4n) is 5.94. The lowest BCUT2D eigenvalue weighted by molar-refractivity contribution is 1.37. The van der Waals surface area contributed by atoms with Crippen molar-refractivity contribution in [1.82, 2.24) is 4.40 Å². The average molecular weight is 444 g/mol. The van der Waals surface area contributed by atoms with Crippen molar-refractivity contribution in [2.75, 3.05) is 0 Å². The number of nitrogens with zero attached hydrogens (tertiary/aromatic N) is 1. The first-order valence-electron chi connectivity index (χ1n) is 12.1. The first-order chi connectivity index (χ1) is 17.4. The summed E-state index contributed by atoms with van der Waals surface area (Å²) in [5.41, 5.74) is 8.90. The van der Waals surface area contributed by atoms with Gasteiger partial charge in [0.1, 0.15) is 0 Å². The van der Waals surface area contributed by atoms with E-state index >= 15 is 0 Å². The standard InChI is InChI=1S/C34H21N/c1-2-9-22(10-3-1)25-20-30-28-14-6-7-16-32(28)35-33-18-17-24(19-29(33)31(21-25)34(30)35)27-15-8-12-23-11-4-5-13-26(23)27/h1-21H. The van der Waals surface area contributed by atoms with Crippen LogP contribution in [0.4, 0.5) is 0 Å². The van der Waals surface area contributed by atoms with Gasteiger partial charge >= 0.3 is 0 Å². The smallest absolute Gasteiger partial charge is 0.0620 e. The number of hydrogen-bond acceptors (Lipinski definition) is 0. The summed E-state index contributed by atoms with van der Waals surface area (Å²) in [6.45, 7) is 0. The molecule has 6 aromatic carbocycles. The molecule has 0 unspecified atom stereocenters. The number of para-hydroxylation sites is 1. The Balaban J connectivity index is 1.52. The third kappa shape index (κ3) is 2.58. The molecule has 0 amide bonds. The molecule has 35 heavy (non-hydrogen) atoms. The molecule has 0 saturated heterocycles. The molecule has 0 bridgehead atoms. The second-order valence-electron chi connectivity index (χ2n) is 9.40. The van der Waals surface area contributed by atoms with Crippen molar-refractivity contribution in [2.45, 2.75) is 0 Å². The quantitative estimate of drug-likeness (QED) is 0.251. The maximum absolute atomic E-state index is 2.46. The minimum Gasteiger partial charge on any atom is -0.308 e. The zero-order valence-electron chi connectivity index (χ0n) is 19.1. The van der Waals surface area contributed by atoms with Crippen LogP contribution in [-0.2, 0) is 0 Å². The Bertz CT molecular complexity index is 2040. The molecule has 8 rings (SSSR count). The van der Waals surface area contributed by atoms with Gasteiger partial charge in [-0.2, -0.15) is 0 Å². The van der Waals surface area contributed by atoms with Gasteiger partial charge in [-0.15, -0.1) is 0 Å². The fraction of sp³-hybridized carbons (Fsp3) is 0. The molecule has 0 aliphatic rings. The van der Waals surface area contributed by atoms with Crippen molar-refractivity contribution in [3.05, 3.63) is 127 Å². The van der Waals surface area contributed by atoms with Crippen LogP contribution in [0.15, 0.2) is 127 Å². The van der Waals surface area contributed by atoms with Gasteiger partial charge in [-0.25, -0.2) is 0 Å². The van der Waals surface area contributed by atoms with E-state index < -0.39 is 0 Å². The normalized spacial score (nSPS) is 12.0. The lowest BCUT2D eigenvalue weighted by Gasteiger charge is -2.08. The van der Waals surface area contributed by atoms with E-state index in [-0.39, 0.29) is 0 Å². The van der Waals surface area contributed by atoms with Gasteiger partial charge in [0.05, 0.1) is 16.6 Å². The molecule has 2 heterocycles. The van der Waals surface area contributed by atoms with Gasteiger partial charge in [-0.1, -0.05) is 97.1 Å². The summed E-state index contributed by atoms with van der Waals surface area (Å²) in [7, 11) is 0. The molecule has 1 nitrogen and oxygen atoms in total. The van der Waals surface area contributed by atoms with Crippen molar-refractivity contribution in [2.24, 2.45) is 0 Å². The molecule has 0 saturated carbocycles. The highest BCUT2D eigenvalue weighted by atomic mass is 14.9. The third-order valence-corrected chi connectivity index (χ3v) is 7.50. The molecule has 0 atom stereocenters. The molecule has 2 aromatic heterocycles. The number of benzene rings is 6. The van der Waals surface area contributed by atoms with Crippen LogP contribution in [0.3, 0.4) is 0 Å². The van der Waals surface area contributed by atoms with E-state index in [0.29, 0.717) is 0 Å². The Morgan fingerprint density at radius 1 is 0.371 bits per heavy atom. The molecule has 0 N–H and O–H groups in total. The predicted molar refractivity (Wildman–Crippen MR) is 149 cm³/mol. The molecule has 0 spiro atoms. The summed E-state index contributed by atoms with van der Waals surface area (Å²) >= 11 is 0. The molecule has 1 heteroatoms. The summed E-state index contributed by atoms with van der Waals surface area (Å²) in [6, 6.07) is 46.5. The topological polar surface area (TPSA) is 4.41 Å². The van der Waals surface area contributed by atoms with Crippen LogP contribution >= 0.6 is 0 Å². The van der Waals surface area contributed by atoms with E-state index in [1.165, 1.54) is 71.1 Å². The molecular formula is C34H21N. The van der Waals surface area contributed by atoms with E-state index in [9.17, 15) is 0 Å². The van der Waals surface area contributed by atoms with Gasteiger partial charge in [0.15, 0.2) is 0 Å². The van der Waals surface area contributed by atoms with Crippen LogP contribution in [0.2, 0.25) is 0 Å². The lowest BCUT2D eigenvalue weighted by Crippen LogP contribution is -1.83. The predicted octanol–water partition coefficient (Wildman–Crippen LogP) is 9.32. The van der Waals surface area contributed by atoms with Gasteiger partial charge in [0.2, 0.25) is 0 Å². The molecule has 162 valence electrons. The maximum atomic E-state index is 2.46. The molecule has 0 aliphatic carbocycles. The second kappa shape index (κ2) is 6.94. The van der Waals surface area contributed by atoms with Gasteiger partial charge < -0.3 is 4.40 Å². The number of hydrogen-bond donors (Lipinski definition) is 0. The summed E-state index contributed by atoms with van der Waals surface area (Å²) in [6.07, 6.45) is 0. The molecule has 8 aromatic rings. The first kappa shape index (κ1) is 18.8. The molecular weight excluding hydrogens is 422 g/mol. The maximum Gasteiger partial charge on any atom is 0.0620 e. The zero-order valence-corrected chi connectivity index (χ0v) is 19.1. The van der Waals surface area contributed by atoms with E-state index in [1.54, 1.807) is 0 Å². The van der Waals surface area contributed by atoms with Gasteiger partial charge in [-0.05, 0) is 63.4 Å². The Hall–Kier alpha value is -4.62. The largest absolute Gasteiger partial charge is 0.308 e. The van der Waals surface area contributed by atoms with Gasteiger partial charge in [0.25, 0.3) is 0 Å². The van der Waals surface area contributed by atoms with Crippen molar-refractivity contribution < 1.29 is 0 Å². The lowest BCUT2D eigenvalue weighted by atomic mass is 9.95. The Morgan fingerprint density at radius 3 is 1.91 bits per heavy atom. The van der Waals surface area contributed by atoms with Crippen LogP contribution in [-0.4, -0.2) is 4.40 Å². The molecule has 0 fully saturated rings. The molecule has 0 aliphatic heterocycles. The van der Waals surface area contributed by atoms with Crippen LogP contribution in [0, 0.1) is 0 Å². The average Bonchev–Trinajstić information content (AvgIpc) is 3.44. The SMILES string of the molecule is c1ccc(-c2cc3c4ccccc4n4c5ccc(-c6cccc7ccccc67)cc5c(c2)c34)cc1. The van der Waals surface area contributed by atoms with E-state index in [1.807, 2.05) is 0 Å². The zero-order chi connectivity index (χ0) is 22.9. The molecule has 0 radical (unpaired) electrons. The number of aromatic nitrogens is 1. The van der Waals surface area contributed by atoms with E-state index in [4.69, 9.17) is 0 Å². The van der Waals surface area contributed by atoms with Crippen LogP contribution in [0.25, 0.3) is 71.1 Å². The fourth-order valence-corrected chi connectivity index (χ4v) is 5.94. The van der Waals surface area contributed by atoms with E-state index in [0.717, 1.165) is 0 Å². The minimum atomic E-state index is 1.25. The van der Waals surface area contributed by atoms with E-state index in [2.05, 4.69) is 132 Å². The summed E-state index contributed by atoms with van der Waals surface area (Å²) in [5, 5.41) is 7.82. The monoisotopic (exact) mass is 443 g/mol. The second-order valence-corrected chi connectivity index (χ2v) is 9.40. The van der Waals surface area contributed by atoms with Crippen LogP contribution in [0.5, 0.6) is 0 Å². The minimum absolute atomic E-state index is 1.25. The Kier molecular flexibility index (Phi) is 3.72. The summed E-state index contributed by atoms with van der Waals surface area (Å²) in [4.78, 5) is 0. The highest BCUT2D eigenvalue weighted by molar-refractivity contribution is 6.25. The van der Waals surface area contributed by atoms with Crippen LogP contribution < -0.4 is 0 Å².